The van der Waals surface area contributed by atoms with Gasteiger partial charge in [0.05, 0.1) is 46.8 Å². The first-order valence-corrected chi connectivity index (χ1v) is 26.4. The summed E-state index contributed by atoms with van der Waals surface area (Å²) in [5.41, 5.74) is 8.58. The molecule has 4 N–H and O–H groups in total. The third-order valence-corrected chi connectivity index (χ3v) is 16.3. The van der Waals surface area contributed by atoms with Crippen molar-refractivity contribution in [2.24, 2.45) is 10.4 Å². The Balaban J connectivity index is 0.768. The third-order valence-electron chi connectivity index (χ3n) is 13.8. The Bertz CT molecular complexity index is 3030. The number of rotatable bonds is 14. The number of benzene rings is 3. The summed E-state index contributed by atoms with van der Waals surface area (Å²) in [5.74, 6) is 0.706. The Morgan fingerprint density at radius 2 is 1.58 bits per heavy atom. The second-order valence-corrected chi connectivity index (χ2v) is 22.8. The zero-order valence-corrected chi connectivity index (χ0v) is 44.0. The van der Waals surface area contributed by atoms with Crippen molar-refractivity contribution in [1.29, 1.82) is 0 Å². The van der Waals surface area contributed by atoms with Gasteiger partial charge in [-0.1, -0.05) is 80.9 Å². The lowest BCUT2D eigenvalue weighted by Gasteiger charge is -2.36. The predicted molar refractivity (Wildman–Crippen MR) is 280 cm³/mol. The summed E-state index contributed by atoms with van der Waals surface area (Å²) in [4.78, 5) is 68.5. The number of amides is 4. The molecule has 0 spiro atoms. The van der Waals surface area contributed by atoms with Crippen molar-refractivity contribution >= 4 is 63.6 Å². The lowest BCUT2D eigenvalue weighted by atomic mass is 9.85. The van der Waals surface area contributed by atoms with Crippen LogP contribution in [0.15, 0.2) is 83.3 Å². The maximum absolute atomic E-state index is 14.3. The summed E-state index contributed by atoms with van der Waals surface area (Å²) in [6.07, 6.45) is 0.466. The molecule has 1 unspecified atom stereocenters. The van der Waals surface area contributed by atoms with Crippen LogP contribution in [0.3, 0.4) is 0 Å². The minimum Gasteiger partial charge on any atom is -0.490 e. The first-order valence-electron chi connectivity index (χ1n) is 24.3. The van der Waals surface area contributed by atoms with Gasteiger partial charge < -0.3 is 30.7 Å². The molecule has 9 rings (SSSR count). The van der Waals surface area contributed by atoms with Crippen molar-refractivity contribution in [3.8, 4) is 21.2 Å². The molecule has 1 aliphatic carbocycles. The van der Waals surface area contributed by atoms with Crippen LogP contribution in [-0.4, -0.2) is 96.0 Å². The molecule has 72 heavy (non-hydrogen) atoms. The van der Waals surface area contributed by atoms with Gasteiger partial charge in [-0.15, -0.1) is 32.9 Å². The molecule has 2 fully saturated rings. The van der Waals surface area contributed by atoms with E-state index in [1.165, 1.54) is 9.78 Å². The molecule has 15 nitrogen and oxygen atoms in total. The number of likely N-dealkylation sites (tertiary alicyclic amines) is 1. The number of ether oxygens (including phenoxy) is 1. The zero-order valence-electron chi connectivity index (χ0n) is 41.7. The van der Waals surface area contributed by atoms with Crippen molar-refractivity contribution < 1.29 is 29.0 Å². The van der Waals surface area contributed by atoms with Crippen LogP contribution >= 0.6 is 34.3 Å². The number of hydrogen-bond acceptors (Lipinski definition) is 12. The summed E-state index contributed by atoms with van der Waals surface area (Å²) in [6.45, 7) is 15.5. The summed E-state index contributed by atoms with van der Waals surface area (Å²) in [6, 6.07) is 20.0. The van der Waals surface area contributed by atoms with Crippen LogP contribution in [0, 0.1) is 33.1 Å². The average molecular weight is 1030 g/mol. The quantitative estimate of drug-likeness (QED) is 0.0832. The lowest BCUT2D eigenvalue weighted by molar-refractivity contribution is -0.144. The first-order chi connectivity index (χ1) is 34.3. The number of nitrogens with one attached hydrogen (secondary N) is 3. The number of aromatic nitrogens is 4. The molecule has 376 valence electrons. The van der Waals surface area contributed by atoms with Crippen LogP contribution < -0.4 is 20.7 Å². The monoisotopic (exact) mass is 1030 g/mol. The van der Waals surface area contributed by atoms with Gasteiger partial charge in [0.1, 0.15) is 40.8 Å². The molecule has 18 heteroatoms. The minimum absolute atomic E-state index is 0.0126. The Labute approximate surface area is 432 Å². The largest absolute Gasteiger partial charge is 0.490 e. The van der Waals surface area contributed by atoms with E-state index < -0.39 is 35.6 Å². The maximum Gasteiger partial charge on any atom is 0.246 e. The van der Waals surface area contributed by atoms with E-state index in [0.29, 0.717) is 29.4 Å². The molecule has 2 aliphatic heterocycles. The lowest BCUT2D eigenvalue weighted by Crippen LogP contribution is -2.58. The van der Waals surface area contributed by atoms with Crippen molar-refractivity contribution in [3.63, 3.8) is 0 Å². The van der Waals surface area contributed by atoms with Crippen LogP contribution in [-0.2, 0) is 25.6 Å². The number of aryl methyl sites for hydroxylation is 3. The number of thiophene rings is 1. The maximum atomic E-state index is 14.3. The van der Waals surface area contributed by atoms with Gasteiger partial charge in [-0.3, -0.25) is 28.7 Å². The summed E-state index contributed by atoms with van der Waals surface area (Å²) < 4.78 is 8.29. The number of β-amino-alcohol motifs (C(OH)–C–C–N with tert-alkyl or cyclic N) is 1. The van der Waals surface area contributed by atoms with Gasteiger partial charge in [-0.25, -0.2) is 4.98 Å². The van der Waals surface area contributed by atoms with Gasteiger partial charge in [0.15, 0.2) is 5.82 Å². The highest BCUT2D eigenvalue weighted by Crippen LogP contribution is 2.40. The molecule has 4 amide bonds. The Morgan fingerprint density at radius 3 is 2.25 bits per heavy atom. The molecule has 1 saturated heterocycles. The molecule has 3 aromatic heterocycles. The highest BCUT2D eigenvalue weighted by molar-refractivity contribution is 7.15. The third kappa shape index (κ3) is 10.8. The standard InChI is InChI=1S/C54H60ClN9O6S2/c1-28-31(4)72-53-46(28)47(35-15-17-37(55)18-16-35)59-42(50-62-61-32(5)64(50)53)25-45(67)58-38-22-41(23-38)70-40-19-9-33(10-20-40)21-44(66)60-49(54(6,7)8)52(69)63-26-39(65)24-43(63)51(68)57-29(2)34-11-13-36(14-12-34)48-30(3)56-27-71-48/h9-20,27,29,38-39,41-43,49,65H,21-26H2,1-8H3,(H,57,68)(H,58,67)(H,60,66)/t29-,38-,39+,41+,42-,43-,49?/m0/s1. The Kier molecular flexibility index (Phi) is 14.6. The van der Waals surface area contributed by atoms with Crippen LogP contribution in [0.25, 0.3) is 15.4 Å². The van der Waals surface area contributed by atoms with E-state index in [1.807, 2.05) is 124 Å². The number of fused-ring (bicyclic) bond motifs is 3. The SMILES string of the molecule is Cc1ncsc1-c1ccc([C@H](C)NC(=O)[C@@H]2C[C@@H](O)CN2C(=O)C(NC(=O)Cc2ccc(O[C@H]3C[C@@H](NC(=O)C[C@@H]4N=C(c5ccc(Cl)cc5)c5c(sc(C)c5C)-n5c(C)nnc54)C3)cc2)C(C)(C)C)cc1. The smallest absolute Gasteiger partial charge is 0.246 e. The highest BCUT2D eigenvalue weighted by atomic mass is 35.5. The fraction of sp³-hybridized carbons (Fsp3) is 0.407. The normalized spacial score (nSPS) is 20.3. The second-order valence-electron chi connectivity index (χ2n) is 20.3. The van der Waals surface area contributed by atoms with Gasteiger partial charge in [0.25, 0.3) is 0 Å². The number of aliphatic hydroxyl groups is 1. The van der Waals surface area contributed by atoms with Gasteiger partial charge in [0.2, 0.25) is 23.6 Å². The first kappa shape index (κ1) is 50.7. The van der Waals surface area contributed by atoms with Crippen LogP contribution in [0.1, 0.15) is 115 Å². The number of nitrogens with zero attached hydrogens (tertiary/aromatic N) is 6. The summed E-state index contributed by atoms with van der Waals surface area (Å²) in [5, 5.41) is 30.5. The molecule has 6 aromatic rings. The van der Waals surface area contributed by atoms with Crippen LogP contribution in [0.4, 0.5) is 0 Å². The molecule has 3 aromatic carbocycles. The van der Waals surface area contributed by atoms with Crippen LogP contribution in [0.5, 0.6) is 5.75 Å². The van der Waals surface area contributed by atoms with E-state index in [0.717, 1.165) is 60.5 Å². The molecular weight excluding hydrogens is 970 g/mol. The molecule has 0 radical (unpaired) electrons. The van der Waals surface area contributed by atoms with Crippen molar-refractivity contribution in [2.75, 3.05) is 6.54 Å². The van der Waals surface area contributed by atoms with E-state index in [9.17, 15) is 24.3 Å². The predicted octanol–water partition coefficient (Wildman–Crippen LogP) is 8.26. The van der Waals surface area contributed by atoms with E-state index in [-0.39, 0.29) is 61.7 Å². The second kappa shape index (κ2) is 20.7. The number of aliphatic imine (C=N–C) groups is 1. The van der Waals surface area contributed by atoms with Crippen molar-refractivity contribution in [2.45, 2.75) is 130 Å². The average Bonchev–Trinajstić information content (AvgIpc) is 4.10. The Morgan fingerprint density at radius 1 is 0.889 bits per heavy atom. The molecule has 5 atom stereocenters. The van der Waals surface area contributed by atoms with Gasteiger partial charge in [-0.2, -0.15) is 0 Å². The molecule has 0 bridgehead atoms. The van der Waals surface area contributed by atoms with E-state index in [4.69, 9.17) is 21.3 Å². The van der Waals surface area contributed by atoms with Gasteiger partial charge in [0, 0.05) is 52.9 Å². The van der Waals surface area contributed by atoms with Gasteiger partial charge >= 0.3 is 0 Å². The number of thiazole rings is 1. The topological polar surface area (TPSA) is 193 Å². The number of halogens is 1. The van der Waals surface area contributed by atoms with Crippen LogP contribution in [0.2, 0.25) is 5.02 Å². The number of hydrogen-bond donors (Lipinski definition) is 4. The Hall–Kier alpha value is -6.27. The highest BCUT2D eigenvalue weighted by Gasteiger charge is 2.45. The summed E-state index contributed by atoms with van der Waals surface area (Å²) >= 11 is 9.51. The molecular formula is C54H60ClN9O6S2. The number of carbonyl (C=O) groups excluding carboxylic acids is 4. The van der Waals surface area contributed by atoms with Crippen molar-refractivity contribution in [3.05, 3.63) is 133 Å². The number of carbonyl (C=O) groups is 4. The molecule has 1 saturated carbocycles. The fourth-order valence-corrected chi connectivity index (χ4v) is 11.8. The molecule has 3 aliphatic rings. The van der Waals surface area contributed by atoms with Gasteiger partial charge in [-0.05, 0) is 86.6 Å². The molecule has 5 heterocycles. The van der Waals surface area contributed by atoms with E-state index in [2.05, 4.69) is 45.0 Å². The zero-order chi connectivity index (χ0) is 51.2. The van der Waals surface area contributed by atoms with E-state index >= 15 is 0 Å². The minimum atomic E-state index is -0.959. The van der Waals surface area contributed by atoms with Crippen molar-refractivity contribution in [1.82, 2.24) is 40.6 Å². The summed E-state index contributed by atoms with van der Waals surface area (Å²) in [7, 11) is 0. The number of aliphatic hydroxyl groups excluding tert-OH is 1. The fourth-order valence-electron chi connectivity index (χ4n) is 9.67. The van der Waals surface area contributed by atoms with E-state index in [1.54, 1.807) is 22.7 Å².